The van der Waals surface area contributed by atoms with Crippen molar-refractivity contribution in [1.82, 2.24) is 4.98 Å². The SMILES string of the molecule is CC(Nc1nc(C(F)(F)F)ccc1C(N)=S)C1CCC1. The van der Waals surface area contributed by atoms with E-state index in [2.05, 4.69) is 10.3 Å². The number of pyridine rings is 1. The molecule has 20 heavy (non-hydrogen) atoms. The summed E-state index contributed by atoms with van der Waals surface area (Å²) in [6.07, 6.45) is -1.16. The largest absolute Gasteiger partial charge is 0.433 e. The Bertz CT molecular complexity index is 512. The molecule has 1 unspecified atom stereocenters. The Morgan fingerprint density at radius 1 is 1.45 bits per heavy atom. The van der Waals surface area contributed by atoms with Crippen molar-refractivity contribution in [2.75, 3.05) is 5.32 Å². The third-order valence-electron chi connectivity index (χ3n) is 3.67. The third kappa shape index (κ3) is 3.20. The Balaban J connectivity index is 2.29. The van der Waals surface area contributed by atoms with Crippen molar-refractivity contribution in [3.05, 3.63) is 23.4 Å². The Morgan fingerprint density at radius 2 is 2.10 bits per heavy atom. The van der Waals surface area contributed by atoms with E-state index in [1.807, 2.05) is 6.92 Å². The molecule has 1 saturated carbocycles. The van der Waals surface area contributed by atoms with Crippen LogP contribution < -0.4 is 11.1 Å². The second-order valence-corrected chi connectivity index (χ2v) is 5.52. The highest BCUT2D eigenvalue weighted by atomic mass is 32.1. The second-order valence-electron chi connectivity index (χ2n) is 5.08. The van der Waals surface area contributed by atoms with Crippen molar-refractivity contribution in [2.24, 2.45) is 11.7 Å². The molecule has 0 bridgehead atoms. The van der Waals surface area contributed by atoms with Crippen LogP contribution >= 0.6 is 12.2 Å². The minimum Gasteiger partial charge on any atom is -0.389 e. The molecule has 0 aromatic carbocycles. The molecule has 1 atom stereocenters. The number of aromatic nitrogens is 1. The molecule has 1 aromatic heterocycles. The van der Waals surface area contributed by atoms with Crippen LogP contribution in [0.4, 0.5) is 19.0 Å². The minimum absolute atomic E-state index is 0.0366. The van der Waals surface area contributed by atoms with E-state index in [1.54, 1.807) is 0 Å². The van der Waals surface area contributed by atoms with E-state index in [1.165, 1.54) is 6.07 Å². The summed E-state index contributed by atoms with van der Waals surface area (Å²) >= 11 is 4.86. The molecule has 1 aromatic rings. The van der Waals surface area contributed by atoms with E-state index >= 15 is 0 Å². The first kappa shape index (κ1) is 15.0. The van der Waals surface area contributed by atoms with Crippen LogP contribution in [0.2, 0.25) is 0 Å². The monoisotopic (exact) mass is 303 g/mol. The van der Waals surface area contributed by atoms with Gasteiger partial charge in [0.05, 0.1) is 5.56 Å². The number of rotatable bonds is 4. The van der Waals surface area contributed by atoms with Crippen molar-refractivity contribution >= 4 is 23.0 Å². The molecule has 0 radical (unpaired) electrons. The number of nitrogens with one attached hydrogen (secondary N) is 1. The smallest absolute Gasteiger partial charge is 0.389 e. The van der Waals surface area contributed by atoms with Crippen LogP contribution in [0.15, 0.2) is 12.1 Å². The topological polar surface area (TPSA) is 50.9 Å². The predicted molar refractivity (Wildman–Crippen MR) is 75.6 cm³/mol. The zero-order valence-corrected chi connectivity index (χ0v) is 11.8. The van der Waals surface area contributed by atoms with Crippen LogP contribution in [0, 0.1) is 5.92 Å². The van der Waals surface area contributed by atoms with Crippen molar-refractivity contribution in [3.8, 4) is 0 Å². The molecule has 7 heteroatoms. The number of halogens is 3. The van der Waals surface area contributed by atoms with Crippen LogP contribution in [0.5, 0.6) is 0 Å². The van der Waals surface area contributed by atoms with Crippen molar-refractivity contribution in [2.45, 2.75) is 38.4 Å². The molecule has 0 saturated heterocycles. The van der Waals surface area contributed by atoms with E-state index in [9.17, 15) is 13.2 Å². The Morgan fingerprint density at radius 3 is 2.55 bits per heavy atom. The summed E-state index contributed by atoms with van der Waals surface area (Å²) < 4.78 is 38.2. The van der Waals surface area contributed by atoms with Gasteiger partial charge in [-0.1, -0.05) is 18.6 Å². The van der Waals surface area contributed by atoms with Crippen LogP contribution in [-0.4, -0.2) is 16.0 Å². The fourth-order valence-corrected chi connectivity index (χ4v) is 2.36. The number of nitrogens with zero attached hydrogens (tertiary/aromatic N) is 1. The maximum Gasteiger partial charge on any atom is 0.433 e. The lowest BCUT2D eigenvalue weighted by Gasteiger charge is -2.32. The second kappa shape index (κ2) is 5.55. The average molecular weight is 303 g/mol. The van der Waals surface area contributed by atoms with Gasteiger partial charge in [-0.2, -0.15) is 13.2 Å². The Kier molecular flexibility index (Phi) is 4.17. The first-order valence-electron chi connectivity index (χ1n) is 6.43. The lowest BCUT2D eigenvalue weighted by atomic mass is 9.80. The van der Waals surface area contributed by atoms with E-state index in [0.29, 0.717) is 11.5 Å². The maximum atomic E-state index is 12.7. The average Bonchev–Trinajstić information content (AvgIpc) is 2.24. The molecule has 110 valence electrons. The lowest BCUT2D eigenvalue weighted by Crippen LogP contribution is -2.32. The summed E-state index contributed by atoms with van der Waals surface area (Å²) in [4.78, 5) is 3.68. The van der Waals surface area contributed by atoms with Crippen LogP contribution in [0.1, 0.15) is 37.4 Å². The van der Waals surface area contributed by atoms with E-state index in [-0.39, 0.29) is 16.8 Å². The van der Waals surface area contributed by atoms with Crippen LogP contribution in [0.3, 0.4) is 0 Å². The molecule has 1 fully saturated rings. The molecule has 0 amide bonds. The van der Waals surface area contributed by atoms with Gasteiger partial charge >= 0.3 is 6.18 Å². The summed E-state index contributed by atoms with van der Waals surface area (Å²) in [6, 6.07) is 2.22. The van der Waals surface area contributed by atoms with Gasteiger partial charge in [0.25, 0.3) is 0 Å². The van der Waals surface area contributed by atoms with E-state index < -0.39 is 11.9 Å². The molecular formula is C13H16F3N3S. The van der Waals surface area contributed by atoms with Crippen molar-refractivity contribution in [3.63, 3.8) is 0 Å². The Labute approximate surface area is 120 Å². The first-order valence-corrected chi connectivity index (χ1v) is 6.84. The van der Waals surface area contributed by atoms with Gasteiger partial charge in [0.2, 0.25) is 0 Å². The first-order chi connectivity index (χ1) is 9.29. The van der Waals surface area contributed by atoms with Gasteiger partial charge in [0, 0.05) is 6.04 Å². The number of nitrogens with two attached hydrogens (primary N) is 1. The molecule has 1 heterocycles. The summed E-state index contributed by atoms with van der Waals surface area (Å²) in [5.74, 6) is 0.581. The maximum absolute atomic E-state index is 12.7. The van der Waals surface area contributed by atoms with Crippen molar-refractivity contribution in [1.29, 1.82) is 0 Å². The quantitative estimate of drug-likeness (QED) is 0.838. The number of alkyl halides is 3. The van der Waals surface area contributed by atoms with Gasteiger partial charge < -0.3 is 11.1 Å². The highest BCUT2D eigenvalue weighted by molar-refractivity contribution is 7.80. The normalized spacial score (nSPS) is 17.4. The number of hydrogen-bond acceptors (Lipinski definition) is 3. The minimum atomic E-state index is -4.48. The van der Waals surface area contributed by atoms with Crippen LogP contribution in [-0.2, 0) is 6.18 Å². The summed E-state index contributed by atoms with van der Waals surface area (Å²) in [5, 5.41) is 3.03. The van der Waals surface area contributed by atoms with Gasteiger partial charge in [-0.3, -0.25) is 0 Å². The summed E-state index contributed by atoms with van der Waals surface area (Å²) in [5.41, 5.74) is 4.94. The molecule has 3 N–H and O–H groups in total. The van der Waals surface area contributed by atoms with Gasteiger partial charge in [-0.15, -0.1) is 0 Å². The third-order valence-corrected chi connectivity index (χ3v) is 3.89. The zero-order chi connectivity index (χ0) is 14.9. The lowest BCUT2D eigenvalue weighted by molar-refractivity contribution is -0.141. The number of hydrogen-bond donors (Lipinski definition) is 2. The van der Waals surface area contributed by atoms with Crippen LogP contribution in [0.25, 0.3) is 0 Å². The van der Waals surface area contributed by atoms with Gasteiger partial charge in [-0.25, -0.2) is 4.98 Å². The molecule has 1 aliphatic carbocycles. The molecule has 3 nitrogen and oxygen atoms in total. The fourth-order valence-electron chi connectivity index (χ4n) is 2.20. The molecular weight excluding hydrogens is 287 g/mol. The number of anilines is 1. The zero-order valence-electron chi connectivity index (χ0n) is 11.0. The highest BCUT2D eigenvalue weighted by Crippen LogP contribution is 2.33. The van der Waals surface area contributed by atoms with Gasteiger partial charge in [0.1, 0.15) is 16.5 Å². The molecule has 1 aliphatic rings. The van der Waals surface area contributed by atoms with E-state index in [4.69, 9.17) is 18.0 Å². The Hall–Kier alpha value is -1.37. The van der Waals surface area contributed by atoms with E-state index in [0.717, 1.165) is 25.3 Å². The molecule has 0 spiro atoms. The van der Waals surface area contributed by atoms with Gasteiger partial charge in [-0.05, 0) is 37.8 Å². The highest BCUT2D eigenvalue weighted by Gasteiger charge is 2.33. The molecule has 0 aliphatic heterocycles. The number of thiocarbonyl (C=S) groups is 1. The predicted octanol–water partition coefficient (Wildman–Crippen LogP) is 3.34. The summed E-state index contributed by atoms with van der Waals surface area (Å²) in [6.45, 7) is 1.94. The standard InChI is InChI=1S/C13H16F3N3S/c1-7(8-3-2-4-8)18-12-9(11(17)20)5-6-10(19-12)13(14,15)16/h5-8H,2-4H2,1H3,(H2,17,20)(H,18,19). The molecule has 2 rings (SSSR count). The summed E-state index contributed by atoms with van der Waals surface area (Å²) in [7, 11) is 0. The van der Waals surface area contributed by atoms with Crippen molar-refractivity contribution < 1.29 is 13.2 Å². The fraction of sp³-hybridized carbons (Fsp3) is 0.538. The van der Waals surface area contributed by atoms with Gasteiger partial charge in [0.15, 0.2) is 0 Å².